The minimum atomic E-state index is -0.324. The van der Waals surface area contributed by atoms with E-state index < -0.39 is 0 Å². The Labute approximate surface area is 175 Å². The normalized spacial score (nSPS) is 15.0. The van der Waals surface area contributed by atoms with Crippen molar-refractivity contribution in [2.24, 2.45) is 5.41 Å². The quantitative estimate of drug-likeness (QED) is 0.646. The summed E-state index contributed by atoms with van der Waals surface area (Å²) in [7, 11) is 1.54. The number of pyridine rings is 1. The first kappa shape index (κ1) is 20.1. The van der Waals surface area contributed by atoms with Crippen molar-refractivity contribution in [1.29, 1.82) is 0 Å². The van der Waals surface area contributed by atoms with E-state index in [-0.39, 0.29) is 16.8 Å². The molecule has 0 bridgehead atoms. The number of methoxy groups -OCH3 is 1. The average Bonchev–Trinajstić information content (AvgIpc) is 2.73. The Morgan fingerprint density at radius 2 is 1.90 bits per heavy atom. The van der Waals surface area contributed by atoms with Crippen molar-refractivity contribution in [3.8, 4) is 17.0 Å². The van der Waals surface area contributed by atoms with Crippen LogP contribution in [-0.4, -0.2) is 34.7 Å². The maximum Gasteiger partial charge on any atom is 0.255 e. The first-order valence-corrected chi connectivity index (χ1v) is 9.96. The van der Waals surface area contributed by atoms with E-state index in [4.69, 9.17) is 9.72 Å². The summed E-state index contributed by atoms with van der Waals surface area (Å²) in [6, 6.07) is 9.86. The van der Waals surface area contributed by atoms with Gasteiger partial charge < -0.3 is 9.64 Å². The smallest absolute Gasteiger partial charge is 0.255 e. The highest BCUT2D eigenvalue weighted by Crippen LogP contribution is 2.31. The maximum absolute atomic E-state index is 13.5. The van der Waals surface area contributed by atoms with Crippen molar-refractivity contribution in [3.05, 3.63) is 70.5 Å². The summed E-state index contributed by atoms with van der Waals surface area (Å²) >= 11 is 0. The molecule has 4 rings (SSSR count). The third-order valence-corrected chi connectivity index (χ3v) is 5.35. The first-order valence-electron chi connectivity index (χ1n) is 9.96. The highest BCUT2D eigenvalue weighted by atomic mass is 19.1. The average molecular weight is 408 g/mol. The van der Waals surface area contributed by atoms with E-state index in [1.54, 1.807) is 36.2 Å². The summed E-state index contributed by atoms with van der Waals surface area (Å²) in [5.74, 6) is 0.868. The van der Waals surface area contributed by atoms with E-state index in [9.17, 15) is 9.18 Å². The molecule has 1 aromatic carbocycles. The fourth-order valence-electron chi connectivity index (χ4n) is 3.98. The van der Waals surface area contributed by atoms with Crippen LogP contribution in [0.3, 0.4) is 0 Å². The van der Waals surface area contributed by atoms with Crippen LogP contribution < -0.4 is 15.2 Å². The van der Waals surface area contributed by atoms with Crippen LogP contribution in [0, 0.1) is 11.2 Å². The van der Waals surface area contributed by atoms with Crippen molar-refractivity contribution in [3.63, 3.8) is 0 Å². The van der Waals surface area contributed by atoms with Gasteiger partial charge in [0.1, 0.15) is 11.6 Å². The fraction of sp³-hybridized carbons (Fsp3) is 0.348. The van der Waals surface area contributed by atoms with Gasteiger partial charge in [0.2, 0.25) is 5.95 Å². The van der Waals surface area contributed by atoms with Crippen molar-refractivity contribution < 1.29 is 9.13 Å². The van der Waals surface area contributed by atoms with Crippen LogP contribution in [0.2, 0.25) is 0 Å². The number of hydrogen-bond acceptors (Lipinski definition) is 5. The number of benzene rings is 1. The Hall–Kier alpha value is -3.22. The van der Waals surface area contributed by atoms with Crippen LogP contribution in [0.5, 0.6) is 5.75 Å². The van der Waals surface area contributed by atoms with Gasteiger partial charge in [0.25, 0.3) is 5.56 Å². The second kappa shape index (κ2) is 7.89. The van der Waals surface area contributed by atoms with Crippen LogP contribution >= 0.6 is 0 Å². The molecule has 0 unspecified atom stereocenters. The molecular formula is C23H25FN4O2. The Morgan fingerprint density at radius 3 is 2.63 bits per heavy atom. The summed E-state index contributed by atoms with van der Waals surface area (Å²) < 4.78 is 20.6. The number of halogens is 1. The van der Waals surface area contributed by atoms with E-state index >= 15 is 0 Å². The Morgan fingerprint density at radius 1 is 1.13 bits per heavy atom. The molecule has 0 N–H and O–H groups in total. The molecule has 3 heterocycles. The van der Waals surface area contributed by atoms with Gasteiger partial charge in [0.15, 0.2) is 0 Å². The van der Waals surface area contributed by atoms with E-state index in [0.29, 0.717) is 36.9 Å². The van der Waals surface area contributed by atoms with Crippen molar-refractivity contribution in [1.82, 2.24) is 14.5 Å². The lowest BCUT2D eigenvalue weighted by molar-refractivity contribution is 0.274. The van der Waals surface area contributed by atoms with Gasteiger partial charge in [0, 0.05) is 55.1 Å². The van der Waals surface area contributed by atoms with Crippen LogP contribution in [0.25, 0.3) is 11.3 Å². The van der Waals surface area contributed by atoms with E-state index in [1.807, 2.05) is 12.1 Å². The van der Waals surface area contributed by atoms with Crippen molar-refractivity contribution in [2.75, 3.05) is 25.1 Å². The minimum Gasteiger partial charge on any atom is -0.496 e. The van der Waals surface area contributed by atoms with E-state index in [2.05, 4.69) is 23.7 Å². The Bertz CT molecular complexity index is 1110. The number of ether oxygens (including phenoxy) is 1. The van der Waals surface area contributed by atoms with E-state index in [1.165, 1.54) is 12.1 Å². The standard InChI is InChI=1S/C23H25FN4O2/c1-23(2)14-27(11-8-17-4-5-18(24)12-20(17)30-3)22-26-19(13-21(29)28(22)15-23)16-6-9-25-10-7-16/h4-7,9-10,12-13H,8,11,14-15H2,1-3H3. The van der Waals surface area contributed by atoms with Gasteiger partial charge in [-0.05, 0) is 30.2 Å². The molecule has 0 saturated heterocycles. The predicted molar refractivity (Wildman–Crippen MR) is 114 cm³/mol. The predicted octanol–water partition coefficient (Wildman–Crippen LogP) is 3.54. The molecule has 0 atom stereocenters. The highest BCUT2D eigenvalue weighted by Gasteiger charge is 2.32. The molecule has 156 valence electrons. The van der Waals surface area contributed by atoms with E-state index in [0.717, 1.165) is 17.7 Å². The van der Waals surface area contributed by atoms with Gasteiger partial charge in [0.05, 0.1) is 12.8 Å². The third kappa shape index (κ3) is 4.06. The lowest BCUT2D eigenvalue weighted by Gasteiger charge is -2.40. The zero-order valence-electron chi connectivity index (χ0n) is 17.4. The number of fused-ring (bicyclic) bond motifs is 1. The molecule has 0 fully saturated rings. The molecule has 7 heteroatoms. The highest BCUT2D eigenvalue weighted by molar-refractivity contribution is 5.59. The third-order valence-electron chi connectivity index (χ3n) is 5.35. The molecule has 6 nitrogen and oxygen atoms in total. The first-order chi connectivity index (χ1) is 14.4. The van der Waals surface area contributed by atoms with Gasteiger partial charge >= 0.3 is 0 Å². The largest absolute Gasteiger partial charge is 0.496 e. The second-order valence-corrected chi connectivity index (χ2v) is 8.39. The number of hydrogen-bond donors (Lipinski definition) is 0. The number of nitrogens with zero attached hydrogens (tertiary/aromatic N) is 4. The van der Waals surface area contributed by atoms with Gasteiger partial charge in [-0.1, -0.05) is 19.9 Å². The van der Waals surface area contributed by atoms with Crippen LogP contribution in [-0.2, 0) is 13.0 Å². The van der Waals surface area contributed by atoms with Gasteiger partial charge in [-0.15, -0.1) is 0 Å². The molecule has 1 aliphatic rings. The second-order valence-electron chi connectivity index (χ2n) is 8.39. The SMILES string of the molecule is COc1cc(F)ccc1CCN1CC(C)(C)Cn2c1nc(-c1ccncc1)cc2=O. The minimum absolute atomic E-state index is 0.0658. The molecule has 0 saturated carbocycles. The van der Waals surface area contributed by atoms with Gasteiger partial charge in [-0.2, -0.15) is 0 Å². The molecule has 0 radical (unpaired) electrons. The molecule has 0 amide bonds. The van der Waals surface area contributed by atoms with Crippen LogP contribution in [0.1, 0.15) is 19.4 Å². The molecule has 0 aliphatic carbocycles. The summed E-state index contributed by atoms with van der Waals surface area (Å²) in [6.07, 6.45) is 4.03. The number of anilines is 1. The molecule has 2 aromatic heterocycles. The lowest BCUT2D eigenvalue weighted by Crippen LogP contribution is -2.48. The van der Waals surface area contributed by atoms with Crippen molar-refractivity contribution >= 4 is 5.95 Å². The summed E-state index contributed by atoms with van der Waals surface area (Å²) in [4.78, 5) is 23.9. The van der Waals surface area contributed by atoms with Gasteiger partial charge in [-0.3, -0.25) is 14.3 Å². The van der Waals surface area contributed by atoms with Crippen molar-refractivity contribution in [2.45, 2.75) is 26.8 Å². The number of rotatable bonds is 5. The molecule has 0 spiro atoms. The monoisotopic (exact) mass is 408 g/mol. The molecule has 1 aliphatic heterocycles. The zero-order valence-corrected chi connectivity index (χ0v) is 17.4. The Kier molecular flexibility index (Phi) is 5.28. The lowest BCUT2D eigenvalue weighted by atomic mass is 9.90. The Balaban J connectivity index is 1.69. The summed E-state index contributed by atoms with van der Waals surface area (Å²) in [6.45, 7) is 6.30. The topological polar surface area (TPSA) is 60.2 Å². The number of aromatic nitrogens is 3. The molecule has 30 heavy (non-hydrogen) atoms. The maximum atomic E-state index is 13.5. The summed E-state index contributed by atoms with van der Waals surface area (Å²) in [5, 5.41) is 0. The van der Waals surface area contributed by atoms with Crippen LogP contribution in [0.4, 0.5) is 10.3 Å². The van der Waals surface area contributed by atoms with Gasteiger partial charge in [-0.25, -0.2) is 9.37 Å². The zero-order chi connectivity index (χ0) is 21.3. The van der Waals surface area contributed by atoms with Crippen LogP contribution in [0.15, 0.2) is 53.6 Å². The molecule has 3 aromatic rings. The fourth-order valence-corrected chi connectivity index (χ4v) is 3.98. The molecular weight excluding hydrogens is 383 g/mol. The summed E-state index contributed by atoms with van der Waals surface area (Å²) in [5.41, 5.74) is 2.27.